The maximum Gasteiger partial charge on any atom is 0.241 e. The quantitative estimate of drug-likeness (QED) is 0.565. The number of methoxy groups -OCH3 is 1. The highest BCUT2D eigenvalue weighted by Gasteiger charge is 2.31. The van der Waals surface area contributed by atoms with Crippen molar-refractivity contribution < 1.29 is 4.74 Å². The highest BCUT2D eigenvalue weighted by Crippen LogP contribution is 2.40. The van der Waals surface area contributed by atoms with Crippen LogP contribution in [0.3, 0.4) is 0 Å². The van der Waals surface area contributed by atoms with E-state index in [2.05, 4.69) is 70.0 Å². The number of fused-ring (bicyclic) bond motifs is 2. The lowest BCUT2D eigenvalue weighted by Crippen LogP contribution is -2.28. The zero-order chi connectivity index (χ0) is 19.1. The summed E-state index contributed by atoms with van der Waals surface area (Å²) < 4.78 is 7.32. The number of hydrogen-bond acceptors (Lipinski definition) is 5. The monoisotopic (exact) mass is 371 g/mol. The first kappa shape index (κ1) is 16.6. The van der Waals surface area contributed by atoms with Gasteiger partial charge in [0.05, 0.1) is 19.2 Å². The minimum absolute atomic E-state index is 0.0309. The molecule has 6 nitrogen and oxygen atoms in total. The third-order valence-corrected chi connectivity index (χ3v) is 5.38. The molecule has 0 unspecified atom stereocenters. The molecule has 0 fully saturated rings. The van der Waals surface area contributed by atoms with Crippen LogP contribution in [-0.4, -0.2) is 21.9 Å². The van der Waals surface area contributed by atoms with Gasteiger partial charge in [0.15, 0.2) is 0 Å². The number of ether oxygens (including phenoxy) is 1. The van der Waals surface area contributed by atoms with Crippen molar-refractivity contribution >= 4 is 22.7 Å². The van der Waals surface area contributed by atoms with E-state index < -0.39 is 0 Å². The normalized spacial score (nSPS) is 18.5. The number of benzene rings is 3. The number of aromatic nitrogens is 3. The van der Waals surface area contributed by atoms with E-state index in [4.69, 9.17) is 10.5 Å². The predicted molar refractivity (Wildman–Crippen MR) is 110 cm³/mol. The molecule has 0 radical (unpaired) electrons. The fourth-order valence-electron chi connectivity index (χ4n) is 4.07. The highest BCUT2D eigenvalue weighted by molar-refractivity contribution is 5.86. The van der Waals surface area contributed by atoms with Crippen molar-refractivity contribution in [1.29, 1.82) is 0 Å². The van der Waals surface area contributed by atoms with Crippen molar-refractivity contribution in [3.63, 3.8) is 0 Å². The largest absolute Gasteiger partial charge is 0.497 e. The van der Waals surface area contributed by atoms with Gasteiger partial charge >= 0.3 is 0 Å². The fourth-order valence-corrected chi connectivity index (χ4v) is 4.07. The molecule has 5 rings (SSSR count). The van der Waals surface area contributed by atoms with E-state index in [0.717, 1.165) is 17.7 Å². The Bertz CT molecular complexity index is 1150. The van der Waals surface area contributed by atoms with Gasteiger partial charge in [-0.05, 0) is 40.5 Å². The summed E-state index contributed by atoms with van der Waals surface area (Å²) in [4.78, 5) is 4.41. The van der Waals surface area contributed by atoms with Crippen LogP contribution >= 0.6 is 0 Å². The number of anilines is 2. The molecule has 140 valence electrons. The number of nitrogens with two attached hydrogens (primary N) is 1. The first-order valence-corrected chi connectivity index (χ1v) is 9.33. The average Bonchev–Trinajstić information content (AvgIpc) is 3.13. The van der Waals surface area contributed by atoms with E-state index in [-0.39, 0.29) is 18.0 Å². The third kappa shape index (κ3) is 2.74. The number of rotatable bonds is 3. The van der Waals surface area contributed by atoms with Gasteiger partial charge in [-0.1, -0.05) is 54.6 Å². The summed E-state index contributed by atoms with van der Waals surface area (Å²) in [6.07, 6.45) is 0.830. The van der Waals surface area contributed by atoms with Gasteiger partial charge in [-0.25, -0.2) is 4.68 Å². The molecule has 1 aromatic heterocycles. The summed E-state index contributed by atoms with van der Waals surface area (Å²) in [6, 6.07) is 23.1. The van der Waals surface area contributed by atoms with Crippen LogP contribution in [0.15, 0.2) is 66.7 Å². The van der Waals surface area contributed by atoms with Gasteiger partial charge in [-0.15, -0.1) is 5.10 Å². The Kier molecular flexibility index (Phi) is 3.90. The van der Waals surface area contributed by atoms with Gasteiger partial charge in [0, 0.05) is 0 Å². The van der Waals surface area contributed by atoms with Gasteiger partial charge in [-0.2, -0.15) is 4.98 Å². The van der Waals surface area contributed by atoms with Crippen molar-refractivity contribution in [1.82, 2.24) is 14.8 Å². The molecule has 1 aliphatic rings. The second-order valence-corrected chi connectivity index (χ2v) is 7.03. The zero-order valence-corrected chi connectivity index (χ0v) is 15.5. The van der Waals surface area contributed by atoms with E-state index >= 15 is 0 Å². The lowest BCUT2D eigenvalue weighted by molar-refractivity contribution is 0.410. The predicted octanol–water partition coefficient (Wildman–Crippen LogP) is 4.17. The molecule has 3 aromatic carbocycles. The van der Waals surface area contributed by atoms with Gasteiger partial charge in [0.25, 0.3) is 0 Å². The van der Waals surface area contributed by atoms with Crippen LogP contribution in [0, 0.1) is 0 Å². The molecule has 28 heavy (non-hydrogen) atoms. The first-order valence-electron chi connectivity index (χ1n) is 9.33. The van der Waals surface area contributed by atoms with E-state index in [1.165, 1.54) is 16.3 Å². The summed E-state index contributed by atoms with van der Waals surface area (Å²) in [5.41, 5.74) is 8.31. The summed E-state index contributed by atoms with van der Waals surface area (Å²) in [6.45, 7) is 0. The SMILES string of the molecule is COc1cccc([C@H]2C[C@H](c3cccc4ccccc34)n3nc(N)nc3N2)c1. The lowest BCUT2D eigenvalue weighted by Gasteiger charge is -2.32. The third-order valence-electron chi connectivity index (χ3n) is 5.38. The fraction of sp³-hybridized carbons (Fsp3) is 0.182. The highest BCUT2D eigenvalue weighted by atomic mass is 16.5. The summed E-state index contributed by atoms with van der Waals surface area (Å²) in [7, 11) is 1.68. The average molecular weight is 371 g/mol. The molecule has 0 aliphatic carbocycles. The maximum atomic E-state index is 5.94. The van der Waals surface area contributed by atoms with Crippen LogP contribution in [0.4, 0.5) is 11.9 Å². The van der Waals surface area contributed by atoms with Crippen LogP contribution in [0.25, 0.3) is 10.8 Å². The second-order valence-electron chi connectivity index (χ2n) is 7.03. The molecular formula is C22H21N5O. The Morgan fingerprint density at radius 2 is 1.89 bits per heavy atom. The van der Waals surface area contributed by atoms with E-state index in [0.29, 0.717) is 5.95 Å². The van der Waals surface area contributed by atoms with Crippen molar-refractivity contribution in [2.24, 2.45) is 0 Å². The molecule has 0 spiro atoms. The number of nitrogens with one attached hydrogen (secondary N) is 1. The van der Waals surface area contributed by atoms with Crippen LogP contribution in [0.1, 0.15) is 29.6 Å². The number of hydrogen-bond donors (Lipinski definition) is 2. The Labute approximate surface area is 163 Å². The van der Waals surface area contributed by atoms with Crippen molar-refractivity contribution in [2.75, 3.05) is 18.2 Å². The molecule has 0 bridgehead atoms. The molecule has 6 heteroatoms. The molecule has 0 saturated heterocycles. The number of nitrogens with zero attached hydrogens (tertiary/aromatic N) is 3. The summed E-state index contributed by atoms with van der Waals surface area (Å²) in [5, 5.41) is 10.4. The van der Waals surface area contributed by atoms with Crippen LogP contribution in [0.5, 0.6) is 5.75 Å². The topological polar surface area (TPSA) is 78.0 Å². The Hall–Kier alpha value is -3.54. The molecule has 3 N–H and O–H groups in total. The second kappa shape index (κ2) is 6.56. The molecule has 0 amide bonds. The lowest BCUT2D eigenvalue weighted by atomic mass is 9.90. The maximum absolute atomic E-state index is 5.94. The Balaban J connectivity index is 1.63. The summed E-state index contributed by atoms with van der Waals surface area (Å²) in [5.74, 6) is 1.81. The Morgan fingerprint density at radius 1 is 1.07 bits per heavy atom. The van der Waals surface area contributed by atoms with Crippen LogP contribution in [0.2, 0.25) is 0 Å². The van der Waals surface area contributed by atoms with Crippen molar-refractivity contribution in [2.45, 2.75) is 18.5 Å². The zero-order valence-electron chi connectivity index (χ0n) is 15.5. The van der Waals surface area contributed by atoms with E-state index in [9.17, 15) is 0 Å². The van der Waals surface area contributed by atoms with Crippen LogP contribution < -0.4 is 15.8 Å². The summed E-state index contributed by atoms with van der Waals surface area (Å²) >= 11 is 0. The first-order chi connectivity index (χ1) is 13.7. The smallest absolute Gasteiger partial charge is 0.241 e. The molecule has 2 atom stereocenters. The van der Waals surface area contributed by atoms with Crippen molar-refractivity contribution in [3.8, 4) is 5.75 Å². The minimum atomic E-state index is 0.0309. The standard InChI is InChI=1S/C22H21N5O/c1-28-16-9-4-8-15(12-16)19-13-20(27-22(24-19)25-21(23)26-27)18-11-5-7-14-6-2-3-10-17(14)18/h2-12,19-20H,13H2,1H3,(H3,23,24,25,26)/t19-,20-/m1/s1. The molecule has 4 aromatic rings. The van der Waals surface area contributed by atoms with E-state index in [1.54, 1.807) is 7.11 Å². The van der Waals surface area contributed by atoms with Crippen LogP contribution in [-0.2, 0) is 0 Å². The van der Waals surface area contributed by atoms with Crippen molar-refractivity contribution in [3.05, 3.63) is 77.9 Å². The molecule has 0 saturated carbocycles. The van der Waals surface area contributed by atoms with Gasteiger partial charge in [0.2, 0.25) is 11.9 Å². The number of nitrogen functional groups attached to an aromatic ring is 1. The Morgan fingerprint density at radius 3 is 2.79 bits per heavy atom. The molecule has 2 heterocycles. The van der Waals surface area contributed by atoms with E-state index in [1.807, 2.05) is 16.8 Å². The molecular weight excluding hydrogens is 350 g/mol. The van der Waals surface area contributed by atoms with Gasteiger partial charge in [0.1, 0.15) is 5.75 Å². The molecule has 1 aliphatic heterocycles. The van der Waals surface area contributed by atoms with Gasteiger partial charge in [-0.3, -0.25) is 0 Å². The van der Waals surface area contributed by atoms with Gasteiger partial charge < -0.3 is 15.8 Å². The minimum Gasteiger partial charge on any atom is -0.497 e.